The van der Waals surface area contributed by atoms with Crippen molar-refractivity contribution in [3.05, 3.63) is 53.6 Å². The highest BCUT2D eigenvalue weighted by molar-refractivity contribution is 7.89. The smallest absolute Gasteiger partial charge is 0.243 e. The zero-order valence-electron chi connectivity index (χ0n) is 16.7. The summed E-state index contributed by atoms with van der Waals surface area (Å²) >= 11 is 0. The first-order valence-corrected chi connectivity index (χ1v) is 11.1. The molecule has 0 bridgehead atoms. The van der Waals surface area contributed by atoms with Gasteiger partial charge in [-0.25, -0.2) is 17.8 Å². The van der Waals surface area contributed by atoms with E-state index in [9.17, 15) is 12.8 Å². The maximum atomic E-state index is 13.6. The summed E-state index contributed by atoms with van der Waals surface area (Å²) < 4.78 is 41.4. The number of pyridine rings is 1. The molecule has 0 aliphatic carbocycles. The molecular formula is C21H22FN5O2S. The first-order chi connectivity index (χ1) is 14.3. The Morgan fingerprint density at radius 1 is 1.37 bits per heavy atom. The number of anilines is 1. The van der Waals surface area contributed by atoms with E-state index >= 15 is 0 Å². The lowest BCUT2D eigenvalue weighted by Crippen LogP contribution is -2.49. The molecule has 1 saturated heterocycles. The minimum absolute atomic E-state index is 0.0677. The zero-order chi connectivity index (χ0) is 21.5. The van der Waals surface area contributed by atoms with Gasteiger partial charge in [-0.1, -0.05) is 6.92 Å². The quantitative estimate of drug-likeness (QED) is 0.665. The zero-order valence-corrected chi connectivity index (χ0v) is 17.5. The third kappa shape index (κ3) is 3.53. The number of benzene rings is 1. The van der Waals surface area contributed by atoms with E-state index in [4.69, 9.17) is 5.26 Å². The maximum Gasteiger partial charge on any atom is 0.243 e. The van der Waals surface area contributed by atoms with Crippen LogP contribution in [0.1, 0.15) is 24.5 Å². The first-order valence-electron chi connectivity index (χ1n) is 9.70. The van der Waals surface area contributed by atoms with E-state index in [1.807, 2.05) is 19.2 Å². The third-order valence-electron chi connectivity index (χ3n) is 5.72. The van der Waals surface area contributed by atoms with Crippen LogP contribution in [-0.4, -0.2) is 41.8 Å². The highest BCUT2D eigenvalue weighted by Crippen LogP contribution is 2.30. The van der Waals surface area contributed by atoms with Gasteiger partial charge < -0.3 is 10.3 Å². The van der Waals surface area contributed by atoms with Gasteiger partial charge >= 0.3 is 0 Å². The van der Waals surface area contributed by atoms with E-state index in [1.165, 1.54) is 10.4 Å². The molecule has 7 nitrogen and oxygen atoms in total. The molecule has 1 aliphatic heterocycles. The summed E-state index contributed by atoms with van der Waals surface area (Å²) in [6, 6.07) is 6.87. The Hall–Kier alpha value is -2.96. The number of nitrogens with zero attached hydrogens (tertiary/aromatic N) is 3. The maximum absolute atomic E-state index is 13.6. The number of rotatable bonds is 4. The normalized spacial score (nSPS) is 20.2. The number of aromatic nitrogens is 2. The molecule has 9 heteroatoms. The van der Waals surface area contributed by atoms with Gasteiger partial charge in [0.2, 0.25) is 10.0 Å². The molecule has 0 radical (unpaired) electrons. The molecule has 0 spiro atoms. The van der Waals surface area contributed by atoms with Gasteiger partial charge in [0.15, 0.2) is 0 Å². The minimum atomic E-state index is -3.84. The summed E-state index contributed by atoms with van der Waals surface area (Å²) in [7, 11) is -3.84. The topological polar surface area (TPSA) is 102 Å². The number of H-pyrrole nitrogens is 1. The molecule has 2 aromatic heterocycles. The van der Waals surface area contributed by atoms with Crippen LogP contribution in [0.2, 0.25) is 0 Å². The van der Waals surface area contributed by atoms with Gasteiger partial charge in [0.1, 0.15) is 17.5 Å². The molecule has 0 unspecified atom stereocenters. The molecule has 3 heterocycles. The van der Waals surface area contributed by atoms with Crippen LogP contribution in [0.25, 0.3) is 11.0 Å². The average molecular weight is 428 g/mol. The average Bonchev–Trinajstić information content (AvgIpc) is 3.20. The number of aromatic amines is 1. The van der Waals surface area contributed by atoms with Crippen molar-refractivity contribution >= 4 is 26.7 Å². The molecule has 0 amide bonds. The van der Waals surface area contributed by atoms with Gasteiger partial charge in [0.25, 0.3) is 0 Å². The van der Waals surface area contributed by atoms with Crippen LogP contribution < -0.4 is 5.32 Å². The SMILES string of the molecule is Cc1cnc2[nH]ccc2c1N[C@H]1CN(S(=O)(=O)c2ccc(F)c(C#N)c2)CC[C@H]1C. The molecule has 1 aliphatic rings. The van der Waals surface area contributed by atoms with Gasteiger partial charge in [0.05, 0.1) is 10.5 Å². The second kappa shape index (κ2) is 7.70. The first kappa shape index (κ1) is 20.3. The fourth-order valence-electron chi connectivity index (χ4n) is 3.83. The molecule has 30 heavy (non-hydrogen) atoms. The van der Waals surface area contributed by atoms with Crippen LogP contribution in [0.3, 0.4) is 0 Å². The van der Waals surface area contributed by atoms with Crippen LogP contribution in [0.4, 0.5) is 10.1 Å². The van der Waals surface area contributed by atoms with Crippen molar-refractivity contribution in [1.82, 2.24) is 14.3 Å². The Morgan fingerprint density at radius 2 is 2.17 bits per heavy atom. The van der Waals surface area contributed by atoms with Crippen LogP contribution >= 0.6 is 0 Å². The van der Waals surface area contributed by atoms with Crippen molar-refractivity contribution in [3.63, 3.8) is 0 Å². The van der Waals surface area contributed by atoms with E-state index in [1.54, 1.807) is 12.3 Å². The molecule has 2 N–H and O–H groups in total. The molecular weight excluding hydrogens is 405 g/mol. The number of hydrogen-bond donors (Lipinski definition) is 2. The Bertz CT molecular complexity index is 1250. The summed E-state index contributed by atoms with van der Waals surface area (Å²) in [5, 5.41) is 13.5. The number of nitrogens with one attached hydrogen (secondary N) is 2. The van der Waals surface area contributed by atoms with E-state index < -0.39 is 15.8 Å². The molecule has 0 saturated carbocycles. The molecule has 1 aromatic carbocycles. The second-order valence-corrected chi connectivity index (χ2v) is 9.63. The monoisotopic (exact) mass is 427 g/mol. The number of aryl methyl sites for hydroxylation is 1. The summed E-state index contributed by atoms with van der Waals surface area (Å²) in [6.45, 7) is 4.70. The Morgan fingerprint density at radius 3 is 2.93 bits per heavy atom. The summed E-state index contributed by atoms with van der Waals surface area (Å²) in [5.41, 5.74) is 2.40. The predicted octanol–water partition coefficient (Wildman–Crippen LogP) is 3.39. The summed E-state index contributed by atoms with van der Waals surface area (Å²) in [6.07, 6.45) is 4.29. The van der Waals surface area contributed by atoms with Gasteiger partial charge in [-0.3, -0.25) is 0 Å². The lowest BCUT2D eigenvalue weighted by atomic mass is 9.94. The number of nitriles is 1. The Balaban J connectivity index is 1.62. The minimum Gasteiger partial charge on any atom is -0.380 e. The lowest BCUT2D eigenvalue weighted by molar-refractivity contribution is 0.265. The fraction of sp³-hybridized carbons (Fsp3) is 0.333. The van der Waals surface area contributed by atoms with E-state index in [2.05, 4.69) is 22.2 Å². The van der Waals surface area contributed by atoms with Crippen LogP contribution in [0, 0.1) is 30.0 Å². The van der Waals surface area contributed by atoms with Crippen LogP contribution in [-0.2, 0) is 10.0 Å². The lowest BCUT2D eigenvalue weighted by Gasteiger charge is -2.37. The molecule has 156 valence electrons. The number of piperidine rings is 1. The van der Waals surface area contributed by atoms with Gasteiger partial charge in [-0.15, -0.1) is 0 Å². The molecule has 2 atom stereocenters. The summed E-state index contributed by atoms with van der Waals surface area (Å²) in [5.74, 6) is -0.479. The third-order valence-corrected chi connectivity index (χ3v) is 7.58. The van der Waals surface area contributed by atoms with E-state index in [-0.39, 0.29) is 29.0 Å². The van der Waals surface area contributed by atoms with Crippen molar-refractivity contribution in [3.8, 4) is 6.07 Å². The standard InChI is InChI=1S/C21H22FN5O2S/c1-13-6-8-27(30(28,29)16-3-4-18(22)15(9-16)10-23)12-19(13)26-20-14(2)11-25-21-17(20)5-7-24-21/h3-5,7,9,11,13,19H,6,8,12H2,1-2H3,(H2,24,25,26)/t13-,19+/m1/s1. The van der Waals surface area contributed by atoms with Crippen molar-refractivity contribution in [1.29, 1.82) is 5.26 Å². The fourth-order valence-corrected chi connectivity index (χ4v) is 5.34. The number of fused-ring (bicyclic) bond motifs is 1. The van der Waals surface area contributed by atoms with E-state index in [0.717, 1.165) is 34.4 Å². The van der Waals surface area contributed by atoms with Crippen molar-refractivity contribution in [2.45, 2.75) is 31.2 Å². The molecule has 4 rings (SSSR count). The highest BCUT2D eigenvalue weighted by Gasteiger charge is 2.34. The van der Waals surface area contributed by atoms with Crippen molar-refractivity contribution in [2.75, 3.05) is 18.4 Å². The van der Waals surface area contributed by atoms with Gasteiger partial charge in [0, 0.05) is 42.6 Å². The molecule has 1 fully saturated rings. The number of hydrogen-bond acceptors (Lipinski definition) is 5. The molecule has 3 aromatic rings. The van der Waals surface area contributed by atoms with Gasteiger partial charge in [-0.2, -0.15) is 9.57 Å². The van der Waals surface area contributed by atoms with Crippen molar-refractivity contribution < 1.29 is 12.8 Å². The van der Waals surface area contributed by atoms with E-state index in [0.29, 0.717) is 13.0 Å². The highest BCUT2D eigenvalue weighted by atomic mass is 32.2. The van der Waals surface area contributed by atoms with Crippen LogP contribution in [0.15, 0.2) is 41.6 Å². The number of halogens is 1. The van der Waals surface area contributed by atoms with Crippen molar-refractivity contribution in [2.24, 2.45) is 5.92 Å². The Kier molecular flexibility index (Phi) is 5.22. The predicted molar refractivity (Wildman–Crippen MR) is 112 cm³/mol. The largest absolute Gasteiger partial charge is 0.380 e. The number of sulfonamides is 1. The summed E-state index contributed by atoms with van der Waals surface area (Å²) in [4.78, 5) is 7.40. The second-order valence-electron chi connectivity index (χ2n) is 7.69. The van der Waals surface area contributed by atoms with Gasteiger partial charge in [-0.05, 0) is 49.1 Å². The van der Waals surface area contributed by atoms with Crippen LogP contribution in [0.5, 0.6) is 0 Å². The Labute approximate surface area is 174 Å².